The largest absolute Gasteiger partial charge is 0.357 e. The van der Waals surface area contributed by atoms with E-state index in [-0.39, 0.29) is 11.8 Å². The van der Waals surface area contributed by atoms with Crippen LogP contribution in [0.15, 0.2) is 24.4 Å². The molecule has 0 radical (unpaired) electrons. The molecule has 1 aliphatic rings. The van der Waals surface area contributed by atoms with Crippen molar-refractivity contribution in [1.82, 2.24) is 10.5 Å². The first-order valence-electron chi connectivity index (χ1n) is 6.71. The van der Waals surface area contributed by atoms with Gasteiger partial charge in [-0.05, 0) is 30.9 Å². The molecule has 0 spiro atoms. The number of carbonyl (C=O) groups is 1. The van der Waals surface area contributed by atoms with Crippen molar-refractivity contribution >= 4 is 11.7 Å². The lowest BCUT2D eigenvalue weighted by molar-refractivity contribution is -0.136. The van der Waals surface area contributed by atoms with Crippen molar-refractivity contribution in [3.05, 3.63) is 24.4 Å². The number of pyridine rings is 1. The molecule has 5 heteroatoms. The zero-order chi connectivity index (χ0) is 13.7. The van der Waals surface area contributed by atoms with Crippen LogP contribution in [0, 0.1) is 11.8 Å². The number of amides is 1. The third-order valence-corrected chi connectivity index (χ3v) is 3.84. The molecular formula is C14H21N3O2. The number of hydrogen-bond acceptors (Lipinski definition) is 4. The summed E-state index contributed by atoms with van der Waals surface area (Å²) in [6, 6.07) is 5.96. The summed E-state index contributed by atoms with van der Waals surface area (Å²) in [7, 11) is 1.47. The number of rotatable bonds is 4. The van der Waals surface area contributed by atoms with Gasteiger partial charge < -0.3 is 4.90 Å². The Morgan fingerprint density at radius 3 is 2.79 bits per heavy atom. The Morgan fingerprint density at radius 1 is 1.47 bits per heavy atom. The molecule has 1 fully saturated rings. The number of aromatic nitrogens is 1. The molecule has 1 unspecified atom stereocenters. The summed E-state index contributed by atoms with van der Waals surface area (Å²) >= 11 is 0. The fourth-order valence-electron chi connectivity index (χ4n) is 2.58. The van der Waals surface area contributed by atoms with Gasteiger partial charge in [0.2, 0.25) is 5.91 Å². The van der Waals surface area contributed by atoms with E-state index in [1.165, 1.54) is 7.11 Å². The SMILES string of the molecule is CONC(=O)C(C)C1CCN(c2ccccn2)CC1. The second-order valence-corrected chi connectivity index (χ2v) is 4.97. The number of hydroxylamine groups is 1. The third-order valence-electron chi connectivity index (χ3n) is 3.84. The summed E-state index contributed by atoms with van der Waals surface area (Å²) in [6.07, 6.45) is 3.83. The fourth-order valence-corrected chi connectivity index (χ4v) is 2.58. The Kier molecular flexibility index (Phi) is 4.74. The second-order valence-electron chi connectivity index (χ2n) is 4.97. The third kappa shape index (κ3) is 3.44. The van der Waals surface area contributed by atoms with Gasteiger partial charge in [-0.15, -0.1) is 0 Å². The normalized spacial score (nSPS) is 18.1. The van der Waals surface area contributed by atoms with E-state index in [9.17, 15) is 4.79 Å². The molecule has 1 saturated heterocycles. The van der Waals surface area contributed by atoms with Crippen molar-refractivity contribution in [2.24, 2.45) is 11.8 Å². The maximum absolute atomic E-state index is 11.7. The number of carbonyl (C=O) groups excluding carboxylic acids is 1. The summed E-state index contributed by atoms with van der Waals surface area (Å²) in [4.78, 5) is 23.1. The van der Waals surface area contributed by atoms with Gasteiger partial charge in [-0.2, -0.15) is 0 Å². The van der Waals surface area contributed by atoms with Crippen LogP contribution < -0.4 is 10.4 Å². The summed E-state index contributed by atoms with van der Waals surface area (Å²) in [5.74, 6) is 1.40. The quantitative estimate of drug-likeness (QED) is 0.839. The summed E-state index contributed by atoms with van der Waals surface area (Å²) < 4.78 is 0. The molecule has 1 amide bonds. The lowest BCUT2D eigenvalue weighted by Crippen LogP contribution is -2.40. The molecule has 2 rings (SSSR count). The molecule has 0 bridgehead atoms. The standard InChI is InChI=1S/C14H21N3O2/c1-11(14(18)16-19-2)12-6-9-17(10-7-12)13-5-3-4-8-15-13/h3-5,8,11-12H,6-7,9-10H2,1-2H3,(H,16,18). The Hall–Kier alpha value is -1.62. The van der Waals surface area contributed by atoms with Crippen LogP contribution in [-0.4, -0.2) is 31.1 Å². The monoisotopic (exact) mass is 263 g/mol. The van der Waals surface area contributed by atoms with Crippen molar-refractivity contribution in [1.29, 1.82) is 0 Å². The van der Waals surface area contributed by atoms with Crippen molar-refractivity contribution in [2.75, 3.05) is 25.1 Å². The zero-order valence-electron chi connectivity index (χ0n) is 11.5. The van der Waals surface area contributed by atoms with Crippen molar-refractivity contribution < 1.29 is 9.63 Å². The van der Waals surface area contributed by atoms with Crippen molar-refractivity contribution in [2.45, 2.75) is 19.8 Å². The molecular weight excluding hydrogens is 242 g/mol. The van der Waals surface area contributed by atoms with E-state index >= 15 is 0 Å². The van der Waals surface area contributed by atoms with Gasteiger partial charge >= 0.3 is 0 Å². The van der Waals surface area contributed by atoms with E-state index in [0.29, 0.717) is 5.92 Å². The van der Waals surface area contributed by atoms with Gasteiger partial charge in [-0.25, -0.2) is 10.5 Å². The highest BCUT2D eigenvalue weighted by atomic mass is 16.6. The molecule has 1 aromatic rings. The molecule has 0 aliphatic carbocycles. The highest BCUT2D eigenvalue weighted by molar-refractivity contribution is 5.77. The minimum Gasteiger partial charge on any atom is -0.357 e. The zero-order valence-corrected chi connectivity index (χ0v) is 11.5. The molecule has 104 valence electrons. The first-order valence-corrected chi connectivity index (χ1v) is 6.71. The molecule has 1 aromatic heterocycles. The van der Waals surface area contributed by atoms with Crippen molar-refractivity contribution in [3.63, 3.8) is 0 Å². The highest BCUT2D eigenvalue weighted by Crippen LogP contribution is 2.27. The van der Waals surface area contributed by atoms with Crippen LogP contribution in [0.2, 0.25) is 0 Å². The van der Waals surface area contributed by atoms with Crippen LogP contribution in [0.5, 0.6) is 0 Å². The van der Waals surface area contributed by atoms with Crippen LogP contribution in [0.1, 0.15) is 19.8 Å². The van der Waals surface area contributed by atoms with Gasteiger partial charge in [0.25, 0.3) is 0 Å². The Morgan fingerprint density at radius 2 is 2.21 bits per heavy atom. The average molecular weight is 263 g/mol. The van der Waals surface area contributed by atoms with E-state index in [2.05, 4.69) is 20.2 Å². The van der Waals surface area contributed by atoms with Gasteiger partial charge in [-0.1, -0.05) is 13.0 Å². The maximum Gasteiger partial charge on any atom is 0.246 e. The first-order chi connectivity index (χ1) is 9.22. The Labute approximate surface area is 113 Å². The number of nitrogens with one attached hydrogen (secondary N) is 1. The molecule has 0 aromatic carbocycles. The van der Waals surface area contributed by atoms with Crippen LogP contribution in [0.4, 0.5) is 5.82 Å². The highest BCUT2D eigenvalue weighted by Gasteiger charge is 2.28. The van der Waals surface area contributed by atoms with E-state index in [0.717, 1.165) is 31.7 Å². The van der Waals surface area contributed by atoms with Crippen LogP contribution in [0.3, 0.4) is 0 Å². The molecule has 5 nitrogen and oxygen atoms in total. The fraction of sp³-hybridized carbons (Fsp3) is 0.571. The minimum atomic E-state index is -0.0289. The van der Waals surface area contributed by atoms with Crippen LogP contribution in [-0.2, 0) is 9.63 Å². The minimum absolute atomic E-state index is 0.00849. The molecule has 0 saturated carbocycles. The van der Waals surface area contributed by atoms with E-state index in [1.54, 1.807) is 0 Å². The molecule has 1 atom stereocenters. The van der Waals surface area contributed by atoms with E-state index < -0.39 is 0 Å². The van der Waals surface area contributed by atoms with E-state index in [1.807, 2.05) is 31.3 Å². The Bertz CT molecular complexity index is 402. The Balaban J connectivity index is 1.87. The van der Waals surface area contributed by atoms with Gasteiger partial charge in [0.05, 0.1) is 7.11 Å². The first kappa shape index (κ1) is 13.8. The van der Waals surface area contributed by atoms with Crippen molar-refractivity contribution in [3.8, 4) is 0 Å². The van der Waals surface area contributed by atoms with Crippen LogP contribution >= 0.6 is 0 Å². The number of anilines is 1. The predicted molar refractivity (Wildman–Crippen MR) is 73.5 cm³/mol. The smallest absolute Gasteiger partial charge is 0.246 e. The predicted octanol–water partition coefficient (Wildman–Crippen LogP) is 1.61. The van der Waals surface area contributed by atoms with Crippen LogP contribution in [0.25, 0.3) is 0 Å². The summed E-state index contributed by atoms with van der Waals surface area (Å²) in [6.45, 7) is 3.87. The van der Waals surface area contributed by atoms with Gasteiger partial charge in [0, 0.05) is 25.2 Å². The lowest BCUT2D eigenvalue weighted by Gasteiger charge is -2.34. The number of hydrogen-bond donors (Lipinski definition) is 1. The summed E-state index contributed by atoms with van der Waals surface area (Å²) in [5.41, 5.74) is 2.42. The lowest BCUT2D eigenvalue weighted by atomic mass is 9.85. The number of piperidine rings is 1. The summed E-state index contributed by atoms with van der Waals surface area (Å²) in [5, 5.41) is 0. The van der Waals surface area contributed by atoms with Gasteiger partial charge in [0.1, 0.15) is 5.82 Å². The number of nitrogens with zero attached hydrogens (tertiary/aromatic N) is 2. The molecule has 2 heterocycles. The topological polar surface area (TPSA) is 54.5 Å². The van der Waals surface area contributed by atoms with Gasteiger partial charge in [-0.3, -0.25) is 9.63 Å². The maximum atomic E-state index is 11.7. The molecule has 1 N–H and O–H groups in total. The van der Waals surface area contributed by atoms with E-state index in [4.69, 9.17) is 0 Å². The van der Waals surface area contributed by atoms with Gasteiger partial charge in [0.15, 0.2) is 0 Å². The molecule has 19 heavy (non-hydrogen) atoms. The second kappa shape index (κ2) is 6.52. The average Bonchev–Trinajstić information content (AvgIpc) is 2.48. The molecule has 1 aliphatic heterocycles.